The minimum Gasteiger partial charge on any atom is -0.480 e. The van der Waals surface area contributed by atoms with Crippen LogP contribution in [0.1, 0.15) is 64.4 Å². The van der Waals surface area contributed by atoms with Crippen LogP contribution in [0.25, 0.3) is 0 Å². The quantitative estimate of drug-likeness (QED) is 0.766. The lowest BCUT2D eigenvalue weighted by Gasteiger charge is -2.30. The number of amides is 2. The molecule has 3 N–H and O–H groups in total. The molecular weight excluding hydrogens is 382 g/mol. The van der Waals surface area contributed by atoms with Crippen LogP contribution in [0.5, 0.6) is 0 Å². The molecule has 0 fully saturated rings. The van der Waals surface area contributed by atoms with E-state index in [0.29, 0.717) is 19.6 Å². The molecule has 1 aliphatic heterocycles. The van der Waals surface area contributed by atoms with Crippen LogP contribution in [0.3, 0.4) is 0 Å². The topological polar surface area (TPSA) is 104 Å². The van der Waals surface area contributed by atoms with Crippen molar-refractivity contribution in [2.24, 2.45) is 11.7 Å². The standard InChI is InChI=1S/C23H35N3O4/c1-17(2)22(28)26-15-9-5-3-4-8-14-25(16-18-10-6-7-11-20(18)26)21(27)13-12-19(24)23(29)30/h6-7,10-11,17,19H,3-5,8-9,12-16,24H2,1-2H3,(H,29,30)/t19-/m0/s1. The first-order chi connectivity index (χ1) is 14.3. The zero-order chi connectivity index (χ0) is 22.1. The Morgan fingerprint density at radius 1 is 1.03 bits per heavy atom. The first-order valence-electron chi connectivity index (χ1n) is 11.0. The number of rotatable bonds is 5. The van der Waals surface area contributed by atoms with Crippen LogP contribution in [0.4, 0.5) is 5.69 Å². The van der Waals surface area contributed by atoms with Gasteiger partial charge in [0.05, 0.1) is 0 Å². The molecule has 7 heteroatoms. The van der Waals surface area contributed by atoms with Crippen LogP contribution in [0.15, 0.2) is 24.3 Å². The van der Waals surface area contributed by atoms with E-state index in [1.54, 1.807) is 4.90 Å². The van der Waals surface area contributed by atoms with Gasteiger partial charge < -0.3 is 20.6 Å². The van der Waals surface area contributed by atoms with E-state index >= 15 is 0 Å². The molecule has 2 amide bonds. The molecule has 0 saturated carbocycles. The fourth-order valence-corrected chi connectivity index (χ4v) is 3.73. The number of anilines is 1. The lowest BCUT2D eigenvalue weighted by atomic mass is 10.0. The van der Waals surface area contributed by atoms with E-state index in [2.05, 4.69) is 0 Å². The summed E-state index contributed by atoms with van der Waals surface area (Å²) in [5, 5.41) is 8.98. The van der Waals surface area contributed by atoms with Crippen LogP contribution < -0.4 is 10.6 Å². The summed E-state index contributed by atoms with van der Waals surface area (Å²) in [5.74, 6) is -1.21. The molecule has 30 heavy (non-hydrogen) atoms. The molecule has 0 saturated heterocycles. The maximum atomic E-state index is 12.9. The van der Waals surface area contributed by atoms with E-state index in [1.807, 2.05) is 43.0 Å². The smallest absolute Gasteiger partial charge is 0.320 e. The van der Waals surface area contributed by atoms with E-state index in [4.69, 9.17) is 10.8 Å². The zero-order valence-corrected chi connectivity index (χ0v) is 18.2. The first-order valence-corrected chi connectivity index (χ1v) is 11.0. The monoisotopic (exact) mass is 417 g/mol. The second-order valence-electron chi connectivity index (χ2n) is 8.34. The minimum atomic E-state index is -1.09. The summed E-state index contributed by atoms with van der Waals surface area (Å²) in [6.07, 6.45) is 5.23. The van der Waals surface area contributed by atoms with Crippen molar-refractivity contribution in [3.8, 4) is 0 Å². The Morgan fingerprint density at radius 3 is 2.33 bits per heavy atom. The van der Waals surface area contributed by atoms with Crippen molar-refractivity contribution in [3.05, 3.63) is 29.8 Å². The third-order valence-corrected chi connectivity index (χ3v) is 5.55. The van der Waals surface area contributed by atoms with Crippen LogP contribution in [-0.4, -0.2) is 46.9 Å². The fraction of sp³-hybridized carbons (Fsp3) is 0.609. The molecule has 0 bridgehead atoms. The molecule has 7 nitrogen and oxygen atoms in total. The molecule has 0 spiro atoms. The first kappa shape index (κ1) is 23.9. The van der Waals surface area contributed by atoms with E-state index in [0.717, 1.165) is 43.4 Å². The summed E-state index contributed by atoms with van der Waals surface area (Å²) < 4.78 is 0. The molecule has 1 heterocycles. The number of nitrogens with two attached hydrogens (primary N) is 1. The second-order valence-corrected chi connectivity index (χ2v) is 8.34. The van der Waals surface area contributed by atoms with E-state index in [9.17, 15) is 14.4 Å². The Morgan fingerprint density at radius 2 is 1.67 bits per heavy atom. The highest BCUT2D eigenvalue weighted by molar-refractivity contribution is 5.95. The molecule has 0 aromatic heterocycles. The largest absolute Gasteiger partial charge is 0.480 e. The maximum absolute atomic E-state index is 12.9. The van der Waals surface area contributed by atoms with Gasteiger partial charge in [-0.25, -0.2) is 0 Å². The molecule has 0 aliphatic carbocycles. The number of aliphatic carboxylic acids is 1. The molecule has 1 aliphatic rings. The van der Waals surface area contributed by atoms with Crippen LogP contribution >= 0.6 is 0 Å². The Bertz CT molecular complexity index is 735. The van der Waals surface area contributed by atoms with Crippen LogP contribution in [-0.2, 0) is 20.9 Å². The predicted octanol–water partition coefficient (Wildman–Crippen LogP) is 3.16. The number of carbonyl (C=O) groups is 3. The van der Waals surface area contributed by atoms with E-state index < -0.39 is 12.0 Å². The van der Waals surface area contributed by atoms with E-state index in [-0.39, 0.29) is 30.6 Å². The summed E-state index contributed by atoms with van der Waals surface area (Å²) in [6, 6.07) is 6.72. The summed E-state index contributed by atoms with van der Waals surface area (Å²) in [7, 11) is 0. The third-order valence-electron chi connectivity index (χ3n) is 5.55. The fourth-order valence-electron chi connectivity index (χ4n) is 3.73. The number of carbonyl (C=O) groups excluding carboxylic acids is 2. The molecule has 2 rings (SSSR count). The molecule has 1 aromatic rings. The third kappa shape index (κ3) is 6.83. The average molecular weight is 418 g/mol. The van der Waals surface area contributed by atoms with Crippen molar-refractivity contribution in [1.29, 1.82) is 0 Å². The highest BCUT2D eigenvalue weighted by Crippen LogP contribution is 2.26. The number of fused-ring (bicyclic) bond motifs is 1. The van der Waals surface area contributed by atoms with Gasteiger partial charge in [-0.3, -0.25) is 14.4 Å². The zero-order valence-electron chi connectivity index (χ0n) is 18.2. The van der Waals surface area contributed by atoms with Gasteiger partial charge in [0, 0.05) is 37.7 Å². The summed E-state index contributed by atoms with van der Waals surface area (Å²) in [5.41, 5.74) is 7.37. The van der Waals surface area contributed by atoms with Gasteiger partial charge in [-0.05, 0) is 30.9 Å². The van der Waals surface area contributed by atoms with Gasteiger partial charge in [-0.1, -0.05) is 51.3 Å². The van der Waals surface area contributed by atoms with E-state index in [1.165, 1.54) is 0 Å². The van der Waals surface area contributed by atoms with Crippen molar-refractivity contribution in [2.75, 3.05) is 18.0 Å². The number of hydrogen-bond donors (Lipinski definition) is 2. The van der Waals surface area contributed by atoms with Crippen molar-refractivity contribution >= 4 is 23.5 Å². The Hall–Kier alpha value is -2.41. The predicted molar refractivity (Wildman–Crippen MR) is 117 cm³/mol. The van der Waals surface area contributed by atoms with Gasteiger partial charge >= 0.3 is 5.97 Å². The lowest BCUT2D eigenvalue weighted by molar-refractivity contribution is -0.139. The van der Waals surface area contributed by atoms with Gasteiger partial charge in [-0.15, -0.1) is 0 Å². The van der Waals surface area contributed by atoms with Gasteiger partial charge in [-0.2, -0.15) is 0 Å². The molecule has 1 aromatic carbocycles. The number of carboxylic acids is 1. The van der Waals surface area contributed by atoms with Gasteiger partial charge in [0.2, 0.25) is 11.8 Å². The maximum Gasteiger partial charge on any atom is 0.320 e. The van der Waals surface area contributed by atoms with Gasteiger partial charge in [0.1, 0.15) is 6.04 Å². The summed E-state index contributed by atoms with van der Waals surface area (Å²) in [4.78, 5) is 40.4. The van der Waals surface area contributed by atoms with Gasteiger partial charge in [0.15, 0.2) is 0 Å². The normalized spacial score (nSPS) is 16.9. The van der Waals surface area contributed by atoms with Gasteiger partial charge in [0.25, 0.3) is 0 Å². The summed E-state index contributed by atoms with van der Waals surface area (Å²) in [6.45, 7) is 5.51. The van der Waals surface area contributed by atoms with Crippen LogP contribution in [0.2, 0.25) is 0 Å². The number of hydrogen-bond acceptors (Lipinski definition) is 4. The Kier molecular flexibility index (Phi) is 9.30. The minimum absolute atomic E-state index is 0.0878. The molecular formula is C23H35N3O4. The van der Waals surface area contributed by atoms with Crippen molar-refractivity contribution in [3.63, 3.8) is 0 Å². The summed E-state index contributed by atoms with van der Waals surface area (Å²) >= 11 is 0. The number of carboxylic acid groups (broad SMARTS) is 1. The van der Waals surface area contributed by atoms with Crippen molar-refractivity contribution < 1.29 is 19.5 Å². The second kappa shape index (κ2) is 11.7. The number of para-hydroxylation sites is 1. The highest BCUT2D eigenvalue weighted by Gasteiger charge is 2.24. The molecule has 166 valence electrons. The molecule has 0 unspecified atom stereocenters. The Balaban J connectivity index is 2.27. The molecule has 1 atom stereocenters. The number of benzene rings is 1. The Labute approximate surface area is 179 Å². The number of nitrogens with zero attached hydrogens (tertiary/aromatic N) is 2. The van der Waals surface area contributed by atoms with Crippen LogP contribution in [0, 0.1) is 5.92 Å². The lowest BCUT2D eigenvalue weighted by Crippen LogP contribution is -2.38. The molecule has 0 radical (unpaired) electrons. The van der Waals surface area contributed by atoms with Crippen molar-refractivity contribution in [2.45, 2.75) is 71.4 Å². The van der Waals surface area contributed by atoms with Crippen molar-refractivity contribution in [1.82, 2.24) is 4.90 Å². The highest BCUT2D eigenvalue weighted by atomic mass is 16.4. The average Bonchev–Trinajstić information content (AvgIpc) is 2.71. The SMILES string of the molecule is CC(C)C(=O)N1CCCCCCCN(C(=O)CC[C@H](N)C(=O)O)Cc2ccccc21.